The lowest BCUT2D eigenvalue weighted by molar-refractivity contribution is -0.137. The van der Waals surface area contributed by atoms with Gasteiger partial charge in [-0.2, -0.15) is 18.3 Å². The maximum Gasteiger partial charge on any atom is 0.417 e. The maximum atomic E-state index is 13.9. The molecule has 0 saturated carbocycles. The van der Waals surface area contributed by atoms with E-state index in [1.165, 1.54) is 34.2 Å². The molecule has 5 aromatic rings. The van der Waals surface area contributed by atoms with Gasteiger partial charge in [0.15, 0.2) is 8.32 Å². The first-order chi connectivity index (χ1) is 20.5. The fraction of sp³-hybridized carbons (Fsp3) is 0.303. The third kappa shape index (κ3) is 6.35. The third-order valence-corrected chi connectivity index (χ3v) is 13.8. The summed E-state index contributed by atoms with van der Waals surface area (Å²) in [4.78, 5) is 18.7. The van der Waals surface area contributed by atoms with Crippen molar-refractivity contribution < 1.29 is 22.4 Å². The van der Waals surface area contributed by atoms with Crippen LogP contribution in [0, 0.1) is 0 Å². The SMILES string of the molecule is CC(O[Si](C)(C)C(C)(C)C)c1nc2c(NC(=O)c3ccc(C(F)(F)F)c(-c4ccn(C)n4)c3)c(-c3ccccc3)ccc2s1. The number of aromatic nitrogens is 3. The number of hydrogen-bond acceptors (Lipinski definition) is 5. The number of amides is 1. The first-order valence-corrected chi connectivity index (χ1v) is 18.0. The Hall–Kier alpha value is -3.80. The Kier molecular flexibility index (Phi) is 8.34. The van der Waals surface area contributed by atoms with Crippen molar-refractivity contribution in [3.8, 4) is 22.4 Å². The summed E-state index contributed by atoms with van der Waals surface area (Å²) in [7, 11) is -0.463. The highest BCUT2D eigenvalue weighted by Crippen LogP contribution is 2.43. The first-order valence-electron chi connectivity index (χ1n) is 14.2. The number of fused-ring (bicyclic) bond motifs is 1. The highest BCUT2D eigenvalue weighted by atomic mass is 32.1. The second-order valence-corrected chi connectivity index (χ2v) is 18.2. The van der Waals surface area contributed by atoms with Crippen LogP contribution in [0.15, 0.2) is 72.9 Å². The molecule has 1 unspecified atom stereocenters. The molecule has 5 rings (SSSR count). The first kappa shape index (κ1) is 31.6. The number of carbonyl (C=O) groups excluding carboxylic acids is 1. The number of hydrogen-bond donors (Lipinski definition) is 1. The maximum absolute atomic E-state index is 13.9. The van der Waals surface area contributed by atoms with Gasteiger partial charge in [0.05, 0.1) is 27.7 Å². The van der Waals surface area contributed by atoms with Crippen LogP contribution in [0.1, 0.15) is 54.7 Å². The topological polar surface area (TPSA) is 69.0 Å². The van der Waals surface area contributed by atoms with Crippen molar-refractivity contribution in [3.05, 3.63) is 89.1 Å². The molecule has 0 fully saturated rings. The third-order valence-electron chi connectivity index (χ3n) is 8.10. The van der Waals surface area contributed by atoms with Gasteiger partial charge in [-0.1, -0.05) is 57.2 Å². The number of nitrogens with one attached hydrogen (secondary N) is 1. The quantitative estimate of drug-likeness (QED) is 0.181. The number of aryl methyl sites for hydroxylation is 1. The van der Waals surface area contributed by atoms with Crippen molar-refractivity contribution in [2.45, 2.75) is 58.1 Å². The largest absolute Gasteiger partial charge is 0.417 e. The van der Waals surface area contributed by atoms with E-state index in [1.807, 2.05) is 49.4 Å². The highest BCUT2D eigenvalue weighted by Gasteiger charge is 2.39. The minimum atomic E-state index is -4.62. The smallest absolute Gasteiger partial charge is 0.408 e. The molecule has 0 radical (unpaired) electrons. The minimum Gasteiger partial charge on any atom is -0.408 e. The number of alkyl halides is 3. The van der Waals surface area contributed by atoms with Crippen LogP contribution in [0.2, 0.25) is 18.1 Å². The van der Waals surface area contributed by atoms with Gasteiger partial charge in [0.25, 0.3) is 5.91 Å². The van der Waals surface area contributed by atoms with Crippen molar-refractivity contribution in [2.24, 2.45) is 7.05 Å². The normalized spacial score (nSPS) is 13.3. The number of carbonyl (C=O) groups is 1. The molecule has 0 bridgehead atoms. The standard InChI is InChI=1S/C33H35F3N4O2SSi/c1-20(42-44(6,7)32(2,3)4)31-38-29-27(43-31)16-14-23(21-11-9-8-10-12-21)28(29)37-30(41)22-13-15-25(33(34,35)36)24(19-22)26-17-18-40(5)39-26/h8-20H,1-7H3,(H,37,41). The van der Waals surface area contributed by atoms with E-state index in [2.05, 4.69) is 44.3 Å². The lowest BCUT2D eigenvalue weighted by Gasteiger charge is -2.38. The summed E-state index contributed by atoms with van der Waals surface area (Å²) in [6.45, 7) is 12.9. The molecule has 0 spiro atoms. The lowest BCUT2D eigenvalue weighted by atomic mass is 9.99. The Morgan fingerprint density at radius 2 is 1.70 bits per heavy atom. The fourth-order valence-electron chi connectivity index (χ4n) is 4.73. The van der Waals surface area contributed by atoms with Gasteiger partial charge in [-0.05, 0) is 61.0 Å². The fourth-order valence-corrected chi connectivity index (χ4v) is 7.12. The summed E-state index contributed by atoms with van der Waals surface area (Å²) < 4.78 is 50.7. The molecule has 2 heterocycles. The zero-order valence-electron chi connectivity index (χ0n) is 25.7. The number of benzene rings is 3. The van der Waals surface area contributed by atoms with E-state index in [0.717, 1.165) is 26.9 Å². The van der Waals surface area contributed by atoms with Gasteiger partial charge in [-0.25, -0.2) is 4.98 Å². The summed E-state index contributed by atoms with van der Waals surface area (Å²) in [6.07, 6.45) is -3.31. The number of rotatable bonds is 7. The van der Waals surface area contributed by atoms with Crippen LogP contribution in [0.5, 0.6) is 0 Å². The van der Waals surface area contributed by atoms with Crippen LogP contribution in [0.4, 0.5) is 18.9 Å². The van der Waals surface area contributed by atoms with Crippen LogP contribution in [-0.4, -0.2) is 29.0 Å². The van der Waals surface area contributed by atoms with Crippen LogP contribution in [-0.2, 0) is 17.6 Å². The lowest BCUT2D eigenvalue weighted by Crippen LogP contribution is -2.41. The van der Waals surface area contributed by atoms with Crippen molar-refractivity contribution in [1.82, 2.24) is 14.8 Å². The minimum absolute atomic E-state index is 0.0212. The molecular formula is C33H35F3N4O2SSi. The molecule has 6 nitrogen and oxygen atoms in total. The predicted octanol–water partition coefficient (Wildman–Crippen LogP) is 9.72. The van der Waals surface area contributed by atoms with E-state index in [-0.39, 0.29) is 28.0 Å². The van der Waals surface area contributed by atoms with Gasteiger partial charge in [-0.15, -0.1) is 11.3 Å². The van der Waals surface area contributed by atoms with Gasteiger partial charge in [0.2, 0.25) is 0 Å². The average Bonchev–Trinajstić information content (AvgIpc) is 3.59. The molecule has 1 amide bonds. The zero-order valence-corrected chi connectivity index (χ0v) is 27.5. The van der Waals surface area contributed by atoms with E-state index in [0.29, 0.717) is 11.2 Å². The Labute approximate surface area is 260 Å². The Morgan fingerprint density at radius 3 is 2.32 bits per heavy atom. The summed E-state index contributed by atoms with van der Waals surface area (Å²) in [5.74, 6) is -0.555. The van der Waals surface area contributed by atoms with Crippen molar-refractivity contribution in [1.29, 1.82) is 0 Å². The monoisotopic (exact) mass is 636 g/mol. The molecule has 3 aromatic carbocycles. The summed E-state index contributed by atoms with van der Waals surface area (Å²) >= 11 is 1.50. The van der Waals surface area contributed by atoms with Gasteiger partial charge in [0, 0.05) is 29.9 Å². The summed E-state index contributed by atoms with van der Waals surface area (Å²) in [6, 6.07) is 18.3. The second kappa shape index (κ2) is 11.6. The number of anilines is 1. The van der Waals surface area contributed by atoms with Crippen LogP contribution in [0.25, 0.3) is 32.6 Å². The Bertz CT molecular complexity index is 1820. The predicted molar refractivity (Wildman–Crippen MR) is 173 cm³/mol. The number of thiazole rings is 1. The molecule has 0 aliphatic heterocycles. The van der Waals surface area contributed by atoms with Gasteiger partial charge < -0.3 is 9.74 Å². The molecular weight excluding hydrogens is 602 g/mol. The number of nitrogens with zero attached hydrogens (tertiary/aromatic N) is 3. The van der Waals surface area contributed by atoms with Gasteiger partial charge >= 0.3 is 6.18 Å². The molecule has 1 N–H and O–H groups in total. The van der Waals surface area contributed by atoms with Gasteiger partial charge in [0.1, 0.15) is 10.5 Å². The van der Waals surface area contributed by atoms with Crippen LogP contribution in [0.3, 0.4) is 0 Å². The average molecular weight is 637 g/mol. The van der Waals surface area contributed by atoms with E-state index >= 15 is 0 Å². The van der Waals surface area contributed by atoms with Crippen molar-refractivity contribution >= 4 is 41.5 Å². The van der Waals surface area contributed by atoms with Crippen LogP contribution >= 0.6 is 11.3 Å². The molecule has 2 aromatic heterocycles. The van der Waals surface area contributed by atoms with E-state index in [9.17, 15) is 18.0 Å². The molecule has 44 heavy (non-hydrogen) atoms. The Balaban J connectivity index is 1.58. The summed E-state index contributed by atoms with van der Waals surface area (Å²) in [5, 5.41) is 7.97. The molecule has 1 atom stereocenters. The van der Waals surface area contributed by atoms with Gasteiger partial charge in [-0.3, -0.25) is 9.48 Å². The van der Waals surface area contributed by atoms with Crippen molar-refractivity contribution in [2.75, 3.05) is 5.32 Å². The number of halogens is 3. The van der Waals surface area contributed by atoms with E-state index in [4.69, 9.17) is 9.41 Å². The van der Waals surface area contributed by atoms with Crippen LogP contribution < -0.4 is 5.32 Å². The van der Waals surface area contributed by atoms with E-state index < -0.39 is 26.0 Å². The summed E-state index contributed by atoms with van der Waals surface area (Å²) in [5.41, 5.74) is 1.87. The molecule has 11 heteroatoms. The van der Waals surface area contributed by atoms with E-state index in [1.54, 1.807) is 13.2 Å². The van der Waals surface area contributed by atoms with Crippen molar-refractivity contribution in [3.63, 3.8) is 0 Å². The molecule has 0 aliphatic carbocycles. The second-order valence-electron chi connectivity index (χ2n) is 12.4. The molecule has 0 saturated heterocycles. The zero-order chi connectivity index (χ0) is 32.0. The molecule has 0 aliphatic rings. The molecule has 230 valence electrons. The highest BCUT2D eigenvalue weighted by molar-refractivity contribution is 7.18. The Morgan fingerprint density at radius 1 is 1.00 bits per heavy atom.